The zero-order chi connectivity index (χ0) is 25.8. The Balaban J connectivity index is 1.75. The van der Waals surface area contributed by atoms with Gasteiger partial charge in [0.1, 0.15) is 0 Å². The molecule has 0 atom stereocenters. The van der Waals surface area contributed by atoms with Crippen molar-refractivity contribution in [2.45, 2.75) is 49.6 Å². The summed E-state index contributed by atoms with van der Waals surface area (Å²) >= 11 is 0. The molecule has 0 aliphatic rings. The Kier molecular flexibility index (Phi) is 9.67. The van der Waals surface area contributed by atoms with E-state index in [0.717, 1.165) is 45.1 Å². The van der Waals surface area contributed by atoms with Crippen LogP contribution in [0.5, 0.6) is 0 Å². The maximum atomic E-state index is 7.50. The van der Waals surface area contributed by atoms with E-state index in [-0.39, 0.29) is 5.54 Å². The molecule has 0 fully saturated rings. The zero-order valence-corrected chi connectivity index (χ0v) is 21.9. The summed E-state index contributed by atoms with van der Waals surface area (Å²) in [6, 6.07) is 43.0. The lowest BCUT2D eigenvalue weighted by Gasteiger charge is -2.43. The first kappa shape index (κ1) is 26.8. The molecule has 4 aromatic rings. The van der Waals surface area contributed by atoms with Gasteiger partial charge >= 0.3 is 0 Å². The first-order chi connectivity index (χ1) is 18.1. The number of nitrogens with one attached hydrogen (secondary N) is 1. The van der Waals surface area contributed by atoms with E-state index in [1.165, 1.54) is 22.3 Å². The Morgan fingerprint density at radius 3 is 1.22 bits per heavy atom. The monoisotopic (exact) mass is 491 g/mol. The van der Waals surface area contributed by atoms with Crippen molar-refractivity contribution in [2.75, 3.05) is 13.1 Å². The van der Waals surface area contributed by atoms with Crippen molar-refractivity contribution in [1.82, 2.24) is 5.32 Å². The SMILES string of the molecule is NCCCNC(Cc1ccccc1)(Cc1ccccc1)CC(N)(Cc1ccccc1)Cc1ccccc1. The maximum absolute atomic E-state index is 7.50. The summed E-state index contributed by atoms with van der Waals surface area (Å²) < 4.78 is 0. The van der Waals surface area contributed by atoms with Crippen molar-refractivity contribution < 1.29 is 0 Å². The van der Waals surface area contributed by atoms with Crippen LogP contribution in [-0.2, 0) is 25.7 Å². The molecular formula is C34H41N3. The van der Waals surface area contributed by atoms with E-state index in [9.17, 15) is 0 Å². The Bertz CT molecular complexity index is 1080. The molecule has 37 heavy (non-hydrogen) atoms. The van der Waals surface area contributed by atoms with E-state index >= 15 is 0 Å². The lowest BCUT2D eigenvalue weighted by molar-refractivity contribution is 0.217. The number of benzene rings is 4. The summed E-state index contributed by atoms with van der Waals surface area (Å²) in [4.78, 5) is 0. The molecule has 0 saturated heterocycles. The lowest BCUT2D eigenvalue weighted by atomic mass is 9.71. The highest BCUT2D eigenvalue weighted by Gasteiger charge is 2.39. The highest BCUT2D eigenvalue weighted by molar-refractivity contribution is 5.27. The molecule has 4 rings (SSSR count). The van der Waals surface area contributed by atoms with E-state index < -0.39 is 5.54 Å². The smallest absolute Gasteiger partial charge is 0.0279 e. The van der Waals surface area contributed by atoms with Gasteiger partial charge in [-0.2, -0.15) is 0 Å². The Labute approximate surface area is 222 Å². The topological polar surface area (TPSA) is 64.1 Å². The van der Waals surface area contributed by atoms with Crippen LogP contribution in [0.2, 0.25) is 0 Å². The molecule has 0 saturated carbocycles. The van der Waals surface area contributed by atoms with E-state index in [0.29, 0.717) is 6.54 Å². The number of hydrogen-bond donors (Lipinski definition) is 3. The fraction of sp³-hybridized carbons (Fsp3) is 0.294. The Morgan fingerprint density at radius 1 is 0.514 bits per heavy atom. The Morgan fingerprint density at radius 2 is 0.865 bits per heavy atom. The average Bonchev–Trinajstić information content (AvgIpc) is 2.91. The van der Waals surface area contributed by atoms with Gasteiger partial charge in [0.15, 0.2) is 0 Å². The van der Waals surface area contributed by atoms with Gasteiger partial charge in [0.05, 0.1) is 0 Å². The largest absolute Gasteiger partial charge is 0.330 e. The molecule has 0 bridgehead atoms. The van der Waals surface area contributed by atoms with Crippen LogP contribution in [0.3, 0.4) is 0 Å². The van der Waals surface area contributed by atoms with Gasteiger partial charge < -0.3 is 16.8 Å². The summed E-state index contributed by atoms with van der Waals surface area (Å²) in [5, 5.41) is 4.00. The molecule has 0 heterocycles. The third kappa shape index (κ3) is 8.40. The predicted molar refractivity (Wildman–Crippen MR) is 157 cm³/mol. The minimum absolute atomic E-state index is 0.226. The second-order valence-electron chi connectivity index (χ2n) is 10.5. The average molecular weight is 492 g/mol. The van der Waals surface area contributed by atoms with Gasteiger partial charge in [0, 0.05) is 11.1 Å². The predicted octanol–water partition coefficient (Wildman–Crippen LogP) is 5.72. The minimum Gasteiger partial charge on any atom is -0.330 e. The normalized spacial score (nSPS) is 11.9. The molecule has 5 N–H and O–H groups in total. The summed E-state index contributed by atoms with van der Waals surface area (Å²) in [7, 11) is 0. The Hall–Kier alpha value is -3.24. The number of hydrogen-bond acceptors (Lipinski definition) is 3. The van der Waals surface area contributed by atoms with Crippen LogP contribution in [0.4, 0.5) is 0 Å². The summed E-state index contributed by atoms with van der Waals surface area (Å²) in [6.45, 7) is 1.53. The van der Waals surface area contributed by atoms with Crippen molar-refractivity contribution in [1.29, 1.82) is 0 Å². The summed E-state index contributed by atoms with van der Waals surface area (Å²) in [5.74, 6) is 0. The minimum atomic E-state index is -0.442. The van der Waals surface area contributed by atoms with Gasteiger partial charge in [0.25, 0.3) is 0 Å². The van der Waals surface area contributed by atoms with E-state index in [2.05, 4.69) is 127 Å². The lowest BCUT2D eigenvalue weighted by Crippen LogP contribution is -2.59. The van der Waals surface area contributed by atoms with Gasteiger partial charge in [0.2, 0.25) is 0 Å². The zero-order valence-electron chi connectivity index (χ0n) is 21.9. The first-order valence-electron chi connectivity index (χ1n) is 13.5. The quantitative estimate of drug-likeness (QED) is 0.198. The third-order valence-electron chi connectivity index (χ3n) is 7.14. The van der Waals surface area contributed by atoms with Crippen molar-refractivity contribution >= 4 is 0 Å². The van der Waals surface area contributed by atoms with E-state index in [1.54, 1.807) is 0 Å². The maximum Gasteiger partial charge on any atom is 0.0279 e. The molecule has 0 aliphatic carbocycles. The van der Waals surface area contributed by atoms with Crippen LogP contribution in [0.1, 0.15) is 35.1 Å². The fourth-order valence-electron chi connectivity index (χ4n) is 5.67. The second kappa shape index (κ2) is 13.3. The van der Waals surface area contributed by atoms with Crippen LogP contribution in [-0.4, -0.2) is 24.2 Å². The van der Waals surface area contributed by atoms with Crippen molar-refractivity contribution in [3.63, 3.8) is 0 Å². The highest BCUT2D eigenvalue weighted by atomic mass is 15.0. The van der Waals surface area contributed by atoms with Crippen LogP contribution in [0.25, 0.3) is 0 Å². The molecule has 4 aromatic carbocycles. The van der Waals surface area contributed by atoms with E-state index in [1.807, 2.05) is 0 Å². The van der Waals surface area contributed by atoms with Crippen molar-refractivity contribution in [3.8, 4) is 0 Å². The van der Waals surface area contributed by atoms with Crippen LogP contribution in [0, 0.1) is 0 Å². The molecule has 0 unspecified atom stereocenters. The number of nitrogens with two attached hydrogens (primary N) is 2. The summed E-state index contributed by atoms with van der Waals surface area (Å²) in [5.41, 5.74) is 17.9. The molecule has 0 spiro atoms. The molecule has 0 radical (unpaired) electrons. The van der Waals surface area contributed by atoms with E-state index in [4.69, 9.17) is 11.5 Å². The van der Waals surface area contributed by atoms with Gasteiger partial charge in [-0.25, -0.2) is 0 Å². The number of rotatable bonds is 14. The molecule has 3 heteroatoms. The molecule has 192 valence electrons. The van der Waals surface area contributed by atoms with Gasteiger partial charge in [-0.3, -0.25) is 0 Å². The second-order valence-corrected chi connectivity index (χ2v) is 10.5. The van der Waals surface area contributed by atoms with Crippen molar-refractivity contribution in [2.24, 2.45) is 11.5 Å². The molecule has 0 amide bonds. The fourth-order valence-corrected chi connectivity index (χ4v) is 5.67. The molecule has 3 nitrogen and oxygen atoms in total. The van der Waals surface area contributed by atoms with Crippen molar-refractivity contribution in [3.05, 3.63) is 144 Å². The third-order valence-corrected chi connectivity index (χ3v) is 7.14. The van der Waals surface area contributed by atoms with Gasteiger partial charge in [-0.15, -0.1) is 0 Å². The molecule has 0 aliphatic heterocycles. The van der Waals surface area contributed by atoms with Crippen LogP contribution < -0.4 is 16.8 Å². The molecular weight excluding hydrogens is 450 g/mol. The standard InChI is InChI=1S/C34H41N3/c35-22-13-23-37-34(26-31-18-9-3-10-19-31,27-32-20-11-4-12-21-32)28-33(36,24-29-14-5-1-6-15-29)25-30-16-7-2-8-17-30/h1-12,14-21,37H,13,22-28,35-36H2. The van der Waals surface area contributed by atoms with Crippen LogP contribution >= 0.6 is 0 Å². The summed E-state index contributed by atoms with van der Waals surface area (Å²) in [6.07, 6.45) is 5.18. The first-order valence-corrected chi connectivity index (χ1v) is 13.5. The molecule has 0 aromatic heterocycles. The van der Waals surface area contributed by atoms with Gasteiger partial charge in [-0.05, 0) is 73.9 Å². The van der Waals surface area contributed by atoms with Gasteiger partial charge in [-0.1, -0.05) is 121 Å². The van der Waals surface area contributed by atoms with Crippen LogP contribution in [0.15, 0.2) is 121 Å². The highest BCUT2D eigenvalue weighted by Crippen LogP contribution is 2.32.